The van der Waals surface area contributed by atoms with Gasteiger partial charge in [0.2, 0.25) is 0 Å². The molecule has 0 aromatic carbocycles. The zero-order valence-corrected chi connectivity index (χ0v) is 6.89. The van der Waals surface area contributed by atoms with Crippen molar-refractivity contribution in [1.82, 2.24) is 9.78 Å². The molecule has 0 amide bonds. The van der Waals surface area contributed by atoms with Crippen molar-refractivity contribution in [3.63, 3.8) is 0 Å². The van der Waals surface area contributed by atoms with Gasteiger partial charge in [-0.25, -0.2) is 9.59 Å². The van der Waals surface area contributed by atoms with E-state index in [9.17, 15) is 9.59 Å². The Hall–Kier alpha value is -1.85. The number of carboxylic acid groups (broad SMARTS) is 2. The lowest BCUT2D eigenvalue weighted by molar-refractivity contribution is 0.0676. The fraction of sp³-hybridized carbons (Fsp3) is 0.286. The van der Waals surface area contributed by atoms with Gasteiger partial charge >= 0.3 is 11.9 Å². The molecule has 1 heterocycles. The van der Waals surface area contributed by atoms with Gasteiger partial charge in [0.1, 0.15) is 5.69 Å². The topological polar surface area (TPSA) is 92.4 Å². The number of aromatic nitrogens is 2. The van der Waals surface area contributed by atoms with Gasteiger partial charge in [0, 0.05) is 12.6 Å². The van der Waals surface area contributed by atoms with E-state index in [2.05, 4.69) is 5.10 Å². The van der Waals surface area contributed by atoms with Crippen LogP contribution < -0.4 is 0 Å². The number of hydrogen-bond donors (Lipinski definition) is 2. The van der Waals surface area contributed by atoms with Crippen LogP contribution in [0.2, 0.25) is 0 Å². The van der Waals surface area contributed by atoms with Gasteiger partial charge in [0.25, 0.3) is 0 Å². The van der Waals surface area contributed by atoms with E-state index in [0.717, 1.165) is 10.7 Å². The highest BCUT2D eigenvalue weighted by Gasteiger charge is 2.16. The van der Waals surface area contributed by atoms with Crippen LogP contribution in [0.3, 0.4) is 0 Å². The summed E-state index contributed by atoms with van der Waals surface area (Å²) in [6.45, 7) is 2.01. The van der Waals surface area contributed by atoms with Crippen LogP contribution in [-0.2, 0) is 6.54 Å². The van der Waals surface area contributed by atoms with Crippen LogP contribution in [0.5, 0.6) is 0 Å². The maximum absolute atomic E-state index is 10.6. The molecule has 0 bridgehead atoms. The van der Waals surface area contributed by atoms with Crippen LogP contribution in [0, 0.1) is 0 Å². The van der Waals surface area contributed by atoms with Gasteiger partial charge in [-0.3, -0.25) is 4.68 Å². The molecule has 0 saturated carbocycles. The summed E-state index contributed by atoms with van der Waals surface area (Å²) in [4.78, 5) is 21.0. The first kappa shape index (κ1) is 9.24. The summed E-state index contributed by atoms with van der Waals surface area (Å²) >= 11 is 0. The van der Waals surface area contributed by atoms with E-state index in [4.69, 9.17) is 10.2 Å². The van der Waals surface area contributed by atoms with Gasteiger partial charge in [-0.15, -0.1) is 0 Å². The number of hydrogen-bond acceptors (Lipinski definition) is 3. The van der Waals surface area contributed by atoms with Gasteiger partial charge < -0.3 is 10.2 Å². The molecule has 2 N–H and O–H groups in total. The molecule has 6 heteroatoms. The Bertz CT molecular complexity index is 355. The van der Waals surface area contributed by atoms with Gasteiger partial charge in [-0.2, -0.15) is 5.10 Å². The van der Waals surface area contributed by atoms with Gasteiger partial charge in [0.15, 0.2) is 5.69 Å². The summed E-state index contributed by atoms with van der Waals surface area (Å²) in [6, 6.07) is 1.04. The summed E-state index contributed by atoms with van der Waals surface area (Å²) < 4.78 is 1.13. The lowest BCUT2D eigenvalue weighted by Crippen LogP contribution is -2.08. The minimum atomic E-state index is -1.23. The van der Waals surface area contributed by atoms with Crippen LogP contribution in [0.25, 0.3) is 0 Å². The predicted molar refractivity (Wildman–Crippen MR) is 41.8 cm³/mol. The first-order chi connectivity index (χ1) is 6.06. The Morgan fingerprint density at radius 2 is 2.08 bits per heavy atom. The summed E-state index contributed by atoms with van der Waals surface area (Å²) in [6.07, 6.45) is 0. The van der Waals surface area contributed by atoms with Crippen LogP contribution in [0.15, 0.2) is 6.07 Å². The largest absolute Gasteiger partial charge is 0.477 e. The lowest BCUT2D eigenvalue weighted by atomic mass is 10.3. The molecular weight excluding hydrogens is 176 g/mol. The van der Waals surface area contributed by atoms with Crippen LogP contribution in [0.4, 0.5) is 0 Å². The summed E-state index contributed by atoms with van der Waals surface area (Å²) in [7, 11) is 0. The molecule has 1 aromatic rings. The minimum Gasteiger partial charge on any atom is -0.477 e. The molecule has 0 unspecified atom stereocenters. The highest BCUT2D eigenvalue weighted by Crippen LogP contribution is 2.04. The number of carboxylic acids is 2. The highest BCUT2D eigenvalue weighted by molar-refractivity contribution is 5.91. The molecule has 0 fully saturated rings. The van der Waals surface area contributed by atoms with Crippen molar-refractivity contribution in [2.75, 3.05) is 0 Å². The molecule has 13 heavy (non-hydrogen) atoms. The van der Waals surface area contributed by atoms with E-state index in [1.54, 1.807) is 6.92 Å². The van der Waals surface area contributed by atoms with Crippen molar-refractivity contribution in [2.24, 2.45) is 0 Å². The van der Waals surface area contributed by atoms with Crippen molar-refractivity contribution >= 4 is 11.9 Å². The van der Waals surface area contributed by atoms with E-state index >= 15 is 0 Å². The second kappa shape index (κ2) is 3.26. The zero-order valence-electron chi connectivity index (χ0n) is 6.89. The van der Waals surface area contributed by atoms with Crippen molar-refractivity contribution in [2.45, 2.75) is 13.5 Å². The lowest BCUT2D eigenvalue weighted by Gasteiger charge is -1.96. The SMILES string of the molecule is CCn1nc(C(=O)O)cc1C(=O)O. The third-order valence-electron chi connectivity index (χ3n) is 1.52. The Labute approximate surface area is 73.4 Å². The average molecular weight is 184 g/mol. The second-order valence-electron chi connectivity index (χ2n) is 2.34. The first-order valence-corrected chi connectivity index (χ1v) is 3.60. The number of rotatable bonds is 3. The summed E-state index contributed by atoms with van der Waals surface area (Å²) in [5, 5.41) is 20.8. The van der Waals surface area contributed by atoms with E-state index in [0.29, 0.717) is 6.54 Å². The van der Waals surface area contributed by atoms with E-state index in [1.807, 2.05) is 0 Å². The fourth-order valence-electron chi connectivity index (χ4n) is 0.935. The molecule has 1 aromatic heterocycles. The maximum atomic E-state index is 10.6. The molecule has 0 saturated heterocycles. The van der Waals surface area contributed by atoms with Crippen molar-refractivity contribution < 1.29 is 19.8 Å². The highest BCUT2D eigenvalue weighted by atomic mass is 16.4. The number of aryl methyl sites for hydroxylation is 1. The Morgan fingerprint density at radius 3 is 2.38 bits per heavy atom. The Morgan fingerprint density at radius 1 is 1.46 bits per heavy atom. The Balaban J connectivity index is 3.19. The molecule has 0 aliphatic carbocycles. The molecule has 0 radical (unpaired) electrons. The van der Waals surface area contributed by atoms with E-state index < -0.39 is 11.9 Å². The standard InChI is InChI=1S/C7H8N2O4/c1-2-9-5(7(12)13)3-4(8-9)6(10)11/h3H,2H2,1H3,(H,10,11)(H,12,13). The number of nitrogens with zero attached hydrogens (tertiary/aromatic N) is 2. The summed E-state index contributed by atoms with van der Waals surface area (Å²) in [5.41, 5.74) is -0.362. The molecule has 0 atom stereocenters. The predicted octanol–water partition coefficient (Wildman–Crippen LogP) is 0.299. The van der Waals surface area contributed by atoms with Crippen molar-refractivity contribution in [3.05, 3.63) is 17.5 Å². The van der Waals surface area contributed by atoms with E-state index in [1.165, 1.54) is 0 Å². The van der Waals surface area contributed by atoms with Crippen molar-refractivity contribution in [1.29, 1.82) is 0 Å². The Kier molecular flexibility index (Phi) is 2.32. The normalized spacial score (nSPS) is 9.92. The molecule has 70 valence electrons. The minimum absolute atomic E-state index is 0.111. The quantitative estimate of drug-likeness (QED) is 0.704. The van der Waals surface area contributed by atoms with Gasteiger partial charge in [-0.1, -0.05) is 0 Å². The third-order valence-corrected chi connectivity index (χ3v) is 1.52. The second-order valence-corrected chi connectivity index (χ2v) is 2.34. The fourth-order valence-corrected chi connectivity index (χ4v) is 0.935. The summed E-state index contributed by atoms with van der Waals surface area (Å²) in [5.74, 6) is -2.41. The van der Waals surface area contributed by atoms with Crippen LogP contribution in [0.1, 0.15) is 27.9 Å². The average Bonchev–Trinajstić information content (AvgIpc) is 2.47. The first-order valence-electron chi connectivity index (χ1n) is 3.60. The molecule has 0 spiro atoms. The van der Waals surface area contributed by atoms with E-state index in [-0.39, 0.29) is 11.4 Å². The van der Waals surface area contributed by atoms with Crippen LogP contribution >= 0.6 is 0 Å². The third kappa shape index (κ3) is 1.66. The number of carbonyl (C=O) groups is 2. The molecule has 1 rings (SSSR count). The molecule has 0 aliphatic heterocycles. The van der Waals surface area contributed by atoms with Crippen molar-refractivity contribution in [3.8, 4) is 0 Å². The smallest absolute Gasteiger partial charge is 0.356 e. The molecule has 6 nitrogen and oxygen atoms in total. The van der Waals surface area contributed by atoms with Gasteiger partial charge in [0.05, 0.1) is 0 Å². The number of aromatic carboxylic acids is 2. The molecule has 0 aliphatic rings. The van der Waals surface area contributed by atoms with Gasteiger partial charge in [-0.05, 0) is 6.92 Å². The monoisotopic (exact) mass is 184 g/mol. The zero-order chi connectivity index (χ0) is 10.0. The molecular formula is C7H8N2O4. The maximum Gasteiger partial charge on any atom is 0.356 e. The van der Waals surface area contributed by atoms with Crippen LogP contribution in [-0.4, -0.2) is 31.9 Å².